The second kappa shape index (κ2) is 9.80. The van der Waals surface area contributed by atoms with Gasteiger partial charge in [0.2, 0.25) is 0 Å². The zero-order valence-electron chi connectivity index (χ0n) is 16.2. The maximum atomic E-state index is 12.4. The fourth-order valence-electron chi connectivity index (χ4n) is 2.76. The van der Waals surface area contributed by atoms with Gasteiger partial charge in [0.15, 0.2) is 5.78 Å². The molecule has 0 bridgehead atoms. The van der Waals surface area contributed by atoms with Crippen molar-refractivity contribution in [2.45, 2.75) is 6.61 Å². The number of carbonyl (C=O) groups excluding carboxylic acids is 1. The number of hydrogen-bond acceptors (Lipinski definition) is 4. The number of benzene rings is 3. The van der Waals surface area contributed by atoms with Gasteiger partial charge in [0.25, 0.3) is 0 Å². The molecule has 3 aromatic rings. The molecule has 5 heteroatoms. The van der Waals surface area contributed by atoms with E-state index >= 15 is 0 Å². The standard InChI is InChI=1S/C24H21ClO4/c1-27-20-11-9-18(10-12-20)22(26)13-7-17-8-14-23(28-2)19(15-17)16-29-24-6-4-3-5-21(24)25/h3-15H,16H2,1-2H3/b13-7+. The predicted octanol–water partition coefficient (Wildman–Crippen LogP) is 5.83. The molecule has 0 spiro atoms. The van der Waals surface area contributed by atoms with Crippen LogP contribution < -0.4 is 14.2 Å². The lowest BCUT2D eigenvalue weighted by Crippen LogP contribution is -2.00. The van der Waals surface area contributed by atoms with Gasteiger partial charge in [-0.3, -0.25) is 4.79 Å². The van der Waals surface area contributed by atoms with Crippen LogP contribution in [0.15, 0.2) is 72.8 Å². The van der Waals surface area contributed by atoms with Gasteiger partial charge in [0.1, 0.15) is 23.9 Å². The van der Waals surface area contributed by atoms with Crippen LogP contribution in [0.3, 0.4) is 0 Å². The van der Waals surface area contributed by atoms with E-state index in [0.717, 1.165) is 11.1 Å². The van der Waals surface area contributed by atoms with E-state index in [0.29, 0.717) is 34.4 Å². The van der Waals surface area contributed by atoms with Gasteiger partial charge in [-0.25, -0.2) is 0 Å². The maximum Gasteiger partial charge on any atom is 0.185 e. The SMILES string of the molecule is COc1ccc(C(=O)/C=C/c2ccc(OC)c(COc3ccccc3Cl)c2)cc1. The summed E-state index contributed by atoms with van der Waals surface area (Å²) in [5.74, 6) is 1.93. The fourth-order valence-corrected chi connectivity index (χ4v) is 2.95. The molecular formula is C24H21ClO4. The van der Waals surface area contributed by atoms with Crippen molar-refractivity contribution in [1.82, 2.24) is 0 Å². The third-order valence-electron chi connectivity index (χ3n) is 4.33. The number of halogens is 1. The van der Waals surface area contributed by atoms with Crippen LogP contribution in [-0.4, -0.2) is 20.0 Å². The number of carbonyl (C=O) groups is 1. The van der Waals surface area contributed by atoms with Crippen molar-refractivity contribution in [3.63, 3.8) is 0 Å². The summed E-state index contributed by atoms with van der Waals surface area (Å²) in [5, 5.41) is 0.549. The molecule has 0 saturated carbocycles. The molecule has 0 amide bonds. The molecule has 0 saturated heterocycles. The molecule has 0 aliphatic rings. The zero-order valence-corrected chi connectivity index (χ0v) is 17.0. The molecule has 0 aliphatic heterocycles. The van der Waals surface area contributed by atoms with Gasteiger partial charge in [0.05, 0.1) is 19.2 Å². The summed E-state index contributed by atoms with van der Waals surface area (Å²) < 4.78 is 16.4. The highest BCUT2D eigenvalue weighted by Gasteiger charge is 2.07. The molecule has 0 atom stereocenters. The summed E-state index contributed by atoms with van der Waals surface area (Å²) >= 11 is 6.14. The van der Waals surface area contributed by atoms with Crippen molar-refractivity contribution in [3.8, 4) is 17.2 Å². The van der Waals surface area contributed by atoms with Crippen LogP contribution in [0.1, 0.15) is 21.5 Å². The molecule has 29 heavy (non-hydrogen) atoms. The van der Waals surface area contributed by atoms with Crippen LogP contribution in [-0.2, 0) is 6.61 Å². The Morgan fingerprint density at radius 3 is 2.38 bits per heavy atom. The van der Waals surface area contributed by atoms with E-state index in [4.69, 9.17) is 25.8 Å². The minimum Gasteiger partial charge on any atom is -0.497 e. The molecule has 0 radical (unpaired) electrons. The van der Waals surface area contributed by atoms with Crippen LogP contribution >= 0.6 is 11.6 Å². The van der Waals surface area contributed by atoms with Crippen molar-refractivity contribution < 1.29 is 19.0 Å². The average Bonchev–Trinajstić information content (AvgIpc) is 2.77. The summed E-state index contributed by atoms with van der Waals surface area (Å²) in [4.78, 5) is 12.4. The third kappa shape index (κ3) is 5.39. The quantitative estimate of drug-likeness (QED) is 0.347. The highest BCUT2D eigenvalue weighted by Crippen LogP contribution is 2.27. The number of ether oxygens (including phenoxy) is 3. The largest absolute Gasteiger partial charge is 0.497 e. The topological polar surface area (TPSA) is 44.8 Å². The molecule has 0 aliphatic carbocycles. The Balaban J connectivity index is 1.74. The van der Waals surface area contributed by atoms with Gasteiger partial charge in [-0.1, -0.05) is 35.9 Å². The Morgan fingerprint density at radius 2 is 1.69 bits per heavy atom. The van der Waals surface area contributed by atoms with E-state index in [1.165, 1.54) is 0 Å². The number of allylic oxidation sites excluding steroid dienone is 1. The molecule has 0 heterocycles. The second-order valence-electron chi connectivity index (χ2n) is 6.22. The van der Waals surface area contributed by atoms with Crippen LogP contribution in [0.2, 0.25) is 5.02 Å². The molecule has 4 nitrogen and oxygen atoms in total. The molecule has 148 valence electrons. The van der Waals surface area contributed by atoms with E-state index < -0.39 is 0 Å². The highest BCUT2D eigenvalue weighted by molar-refractivity contribution is 6.32. The minimum atomic E-state index is -0.0858. The summed E-state index contributed by atoms with van der Waals surface area (Å²) in [7, 11) is 3.20. The highest BCUT2D eigenvalue weighted by atomic mass is 35.5. The van der Waals surface area contributed by atoms with Gasteiger partial charge >= 0.3 is 0 Å². The van der Waals surface area contributed by atoms with Crippen molar-refractivity contribution in [2.75, 3.05) is 14.2 Å². The summed E-state index contributed by atoms with van der Waals surface area (Å²) in [5.41, 5.74) is 2.31. The van der Waals surface area contributed by atoms with Crippen LogP contribution in [0.5, 0.6) is 17.2 Å². The normalized spacial score (nSPS) is 10.7. The second-order valence-corrected chi connectivity index (χ2v) is 6.62. The van der Waals surface area contributed by atoms with E-state index in [2.05, 4.69) is 0 Å². The Bertz CT molecular complexity index is 1010. The van der Waals surface area contributed by atoms with Crippen molar-refractivity contribution in [1.29, 1.82) is 0 Å². The average molecular weight is 409 g/mol. The molecule has 0 unspecified atom stereocenters. The van der Waals surface area contributed by atoms with Gasteiger partial charge in [0, 0.05) is 11.1 Å². The molecule has 3 rings (SSSR count). The van der Waals surface area contributed by atoms with Gasteiger partial charge in [-0.15, -0.1) is 0 Å². The van der Waals surface area contributed by atoms with Crippen molar-refractivity contribution >= 4 is 23.5 Å². The van der Waals surface area contributed by atoms with E-state index in [9.17, 15) is 4.79 Å². The molecule has 0 N–H and O–H groups in total. The summed E-state index contributed by atoms with van der Waals surface area (Å²) in [6.45, 7) is 0.293. The Labute approximate surface area is 175 Å². The van der Waals surface area contributed by atoms with Crippen molar-refractivity contribution in [3.05, 3.63) is 94.5 Å². The van der Waals surface area contributed by atoms with E-state index in [1.807, 2.05) is 36.4 Å². The van der Waals surface area contributed by atoms with Crippen LogP contribution in [0.25, 0.3) is 6.08 Å². The minimum absolute atomic E-state index is 0.0858. The number of rotatable bonds is 8. The predicted molar refractivity (Wildman–Crippen MR) is 115 cm³/mol. The van der Waals surface area contributed by atoms with E-state index in [1.54, 1.807) is 56.7 Å². The van der Waals surface area contributed by atoms with Crippen LogP contribution in [0.4, 0.5) is 0 Å². The molecule has 3 aromatic carbocycles. The van der Waals surface area contributed by atoms with Gasteiger partial charge < -0.3 is 14.2 Å². The van der Waals surface area contributed by atoms with Crippen molar-refractivity contribution in [2.24, 2.45) is 0 Å². The Kier molecular flexibility index (Phi) is 6.93. The third-order valence-corrected chi connectivity index (χ3v) is 4.64. The number of ketones is 1. The smallest absolute Gasteiger partial charge is 0.185 e. The Morgan fingerprint density at radius 1 is 0.931 bits per heavy atom. The van der Waals surface area contributed by atoms with Gasteiger partial charge in [-0.2, -0.15) is 0 Å². The maximum absolute atomic E-state index is 12.4. The summed E-state index contributed by atoms with van der Waals surface area (Å²) in [6, 6.07) is 20.0. The lowest BCUT2D eigenvalue weighted by molar-refractivity contribution is 0.104. The first kappa shape index (κ1) is 20.5. The fraction of sp³-hybridized carbons (Fsp3) is 0.125. The molecule has 0 aromatic heterocycles. The monoisotopic (exact) mass is 408 g/mol. The number of para-hydroxylation sites is 1. The summed E-state index contributed by atoms with van der Waals surface area (Å²) in [6.07, 6.45) is 3.31. The lowest BCUT2D eigenvalue weighted by atomic mass is 10.1. The first-order valence-corrected chi connectivity index (χ1v) is 9.39. The Hall–Kier alpha value is -3.24. The van der Waals surface area contributed by atoms with E-state index in [-0.39, 0.29) is 5.78 Å². The molecule has 0 fully saturated rings. The first-order valence-electron chi connectivity index (χ1n) is 9.01. The van der Waals surface area contributed by atoms with Crippen LogP contribution in [0, 0.1) is 0 Å². The lowest BCUT2D eigenvalue weighted by Gasteiger charge is -2.12. The number of methoxy groups -OCH3 is 2. The number of hydrogen-bond donors (Lipinski definition) is 0. The van der Waals surface area contributed by atoms with Gasteiger partial charge in [-0.05, 0) is 60.2 Å². The molecular weight excluding hydrogens is 388 g/mol. The zero-order chi connectivity index (χ0) is 20.6. The first-order chi connectivity index (χ1) is 14.1.